The average Bonchev–Trinajstić information content (AvgIpc) is 2.96. The average molecular weight is 279 g/mol. The van der Waals surface area contributed by atoms with Gasteiger partial charge in [-0.3, -0.25) is 0 Å². The Morgan fingerprint density at radius 2 is 1.89 bits per heavy atom. The molecule has 1 aliphatic heterocycles. The van der Waals surface area contributed by atoms with Crippen LogP contribution < -0.4 is 10.6 Å². The minimum atomic E-state index is 0.599. The van der Waals surface area contributed by atoms with Crippen LogP contribution in [0.2, 0.25) is 5.02 Å². The summed E-state index contributed by atoms with van der Waals surface area (Å²) >= 11 is 6.31. The maximum Gasteiger partial charge on any atom is 0.143 e. The standard InChI is InChI=1S/C12H15ClN6/c13-9-6-12(18-4-2-1-3-5-18)10(14)7-11(9)19-8-15-16-17-19/h6-8H,1-5,14H2. The van der Waals surface area contributed by atoms with E-state index in [0.717, 1.165) is 18.8 Å². The van der Waals surface area contributed by atoms with E-state index in [1.165, 1.54) is 30.3 Å². The molecule has 1 aromatic heterocycles. The van der Waals surface area contributed by atoms with Gasteiger partial charge in [-0.2, -0.15) is 4.68 Å². The molecule has 0 bridgehead atoms. The summed E-state index contributed by atoms with van der Waals surface area (Å²) in [6.45, 7) is 2.06. The van der Waals surface area contributed by atoms with Crippen molar-refractivity contribution in [3.8, 4) is 5.69 Å². The molecule has 1 saturated heterocycles. The van der Waals surface area contributed by atoms with Crippen molar-refractivity contribution in [1.82, 2.24) is 20.2 Å². The quantitative estimate of drug-likeness (QED) is 0.849. The number of hydrogen-bond donors (Lipinski definition) is 1. The number of piperidine rings is 1. The molecule has 0 radical (unpaired) electrons. The Kier molecular flexibility index (Phi) is 3.25. The lowest BCUT2D eigenvalue weighted by Gasteiger charge is -2.30. The van der Waals surface area contributed by atoms with Crippen LogP contribution in [0.3, 0.4) is 0 Å². The van der Waals surface area contributed by atoms with Gasteiger partial charge < -0.3 is 10.6 Å². The van der Waals surface area contributed by atoms with Crippen molar-refractivity contribution in [2.75, 3.05) is 23.7 Å². The first kappa shape index (κ1) is 12.2. The zero-order valence-electron chi connectivity index (χ0n) is 10.5. The van der Waals surface area contributed by atoms with Gasteiger partial charge in [-0.1, -0.05) is 11.6 Å². The normalized spacial score (nSPS) is 15.7. The fourth-order valence-electron chi connectivity index (χ4n) is 2.42. The molecule has 2 aromatic rings. The Morgan fingerprint density at radius 3 is 2.58 bits per heavy atom. The van der Waals surface area contributed by atoms with Crippen molar-refractivity contribution < 1.29 is 0 Å². The van der Waals surface area contributed by atoms with Crippen LogP contribution in [-0.4, -0.2) is 33.3 Å². The van der Waals surface area contributed by atoms with Gasteiger partial charge >= 0.3 is 0 Å². The second-order valence-electron chi connectivity index (χ2n) is 4.66. The zero-order valence-corrected chi connectivity index (χ0v) is 11.2. The van der Waals surface area contributed by atoms with E-state index in [1.807, 2.05) is 12.1 Å². The van der Waals surface area contributed by atoms with Gasteiger partial charge in [0, 0.05) is 13.1 Å². The summed E-state index contributed by atoms with van der Waals surface area (Å²) in [5.74, 6) is 0. The van der Waals surface area contributed by atoms with Gasteiger partial charge in [-0.05, 0) is 41.8 Å². The minimum absolute atomic E-state index is 0.599. The number of benzene rings is 1. The van der Waals surface area contributed by atoms with E-state index in [4.69, 9.17) is 17.3 Å². The molecule has 0 saturated carbocycles. The summed E-state index contributed by atoms with van der Waals surface area (Å²) in [7, 11) is 0. The maximum atomic E-state index is 6.31. The number of anilines is 2. The Balaban J connectivity index is 1.97. The van der Waals surface area contributed by atoms with Crippen molar-refractivity contribution in [2.24, 2.45) is 0 Å². The van der Waals surface area contributed by atoms with E-state index in [-0.39, 0.29) is 0 Å². The lowest BCUT2D eigenvalue weighted by molar-refractivity contribution is 0.578. The number of hydrogen-bond acceptors (Lipinski definition) is 5. The first-order chi connectivity index (χ1) is 9.25. The number of tetrazole rings is 1. The van der Waals surface area contributed by atoms with E-state index in [0.29, 0.717) is 16.4 Å². The molecular weight excluding hydrogens is 264 g/mol. The molecule has 7 heteroatoms. The first-order valence-electron chi connectivity index (χ1n) is 6.33. The second-order valence-corrected chi connectivity index (χ2v) is 5.07. The van der Waals surface area contributed by atoms with E-state index >= 15 is 0 Å². The molecule has 100 valence electrons. The largest absolute Gasteiger partial charge is 0.397 e. The molecule has 3 rings (SSSR count). The van der Waals surface area contributed by atoms with Gasteiger partial charge in [-0.25, -0.2) is 0 Å². The monoisotopic (exact) mass is 278 g/mol. The van der Waals surface area contributed by atoms with Crippen molar-refractivity contribution in [2.45, 2.75) is 19.3 Å². The van der Waals surface area contributed by atoms with Crippen LogP contribution in [0.1, 0.15) is 19.3 Å². The van der Waals surface area contributed by atoms with Crippen molar-refractivity contribution in [3.63, 3.8) is 0 Å². The molecule has 2 heterocycles. The van der Waals surface area contributed by atoms with E-state index < -0.39 is 0 Å². The summed E-state index contributed by atoms with van der Waals surface area (Å²) in [5.41, 5.74) is 8.55. The molecule has 6 nitrogen and oxygen atoms in total. The molecule has 0 amide bonds. The number of rotatable bonds is 2. The van der Waals surface area contributed by atoms with Gasteiger partial charge in [0.05, 0.1) is 22.1 Å². The van der Waals surface area contributed by atoms with Crippen LogP contribution in [0, 0.1) is 0 Å². The van der Waals surface area contributed by atoms with Crippen molar-refractivity contribution in [1.29, 1.82) is 0 Å². The predicted octanol–water partition coefficient (Wildman–Crippen LogP) is 1.89. The van der Waals surface area contributed by atoms with Crippen LogP contribution in [-0.2, 0) is 0 Å². The summed E-state index contributed by atoms with van der Waals surface area (Å²) in [6.07, 6.45) is 5.19. The first-order valence-corrected chi connectivity index (χ1v) is 6.71. The molecule has 19 heavy (non-hydrogen) atoms. The summed E-state index contributed by atoms with van der Waals surface area (Å²) in [4.78, 5) is 2.29. The number of halogens is 1. The van der Waals surface area contributed by atoms with E-state index in [9.17, 15) is 0 Å². The molecule has 0 aliphatic carbocycles. The summed E-state index contributed by atoms with van der Waals surface area (Å²) in [6, 6.07) is 3.72. The molecular formula is C12H15ClN6. The van der Waals surface area contributed by atoms with Crippen LogP contribution in [0.4, 0.5) is 11.4 Å². The Bertz CT molecular complexity index is 562. The fraction of sp³-hybridized carbons (Fsp3) is 0.417. The number of aromatic nitrogens is 4. The van der Waals surface area contributed by atoms with Crippen LogP contribution in [0.5, 0.6) is 0 Å². The summed E-state index contributed by atoms with van der Waals surface area (Å²) in [5, 5.41) is 11.6. The van der Waals surface area contributed by atoms with Gasteiger partial charge in [0.1, 0.15) is 6.33 Å². The van der Waals surface area contributed by atoms with Gasteiger partial charge in [-0.15, -0.1) is 5.10 Å². The third kappa shape index (κ3) is 2.35. The fourth-order valence-corrected chi connectivity index (χ4v) is 2.67. The minimum Gasteiger partial charge on any atom is -0.397 e. The molecule has 1 aliphatic rings. The number of nitrogens with zero attached hydrogens (tertiary/aromatic N) is 5. The molecule has 0 spiro atoms. The van der Waals surface area contributed by atoms with Crippen LogP contribution in [0.15, 0.2) is 18.5 Å². The smallest absolute Gasteiger partial charge is 0.143 e. The van der Waals surface area contributed by atoms with Crippen molar-refractivity contribution >= 4 is 23.0 Å². The van der Waals surface area contributed by atoms with Crippen LogP contribution in [0.25, 0.3) is 5.69 Å². The Hall–Kier alpha value is -1.82. The molecule has 1 aromatic carbocycles. The summed E-state index contributed by atoms with van der Waals surface area (Å²) < 4.78 is 1.51. The lowest BCUT2D eigenvalue weighted by atomic mass is 10.1. The Labute approximate surface area is 116 Å². The SMILES string of the molecule is Nc1cc(-n2cnnn2)c(Cl)cc1N1CCCCC1. The number of nitrogens with two attached hydrogens (primary N) is 1. The van der Waals surface area contributed by atoms with Crippen molar-refractivity contribution in [3.05, 3.63) is 23.5 Å². The van der Waals surface area contributed by atoms with Gasteiger partial charge in [0.2, 0.25) is 0 Å². The molecule has 0 atom stereocenters. The van der Waals surface area contributed by atoms with Gasteiger partial charge in [0.25, 0.3) is 0 Å². The third-order valence-electron chi connectivity index (χ3n) is 3.39. The van der Waals surface area contributed by atoms with Crippen LogP contribution >= 0.6 is 11.6 Å². The third-order valence-corrected chi connectivity index (χ3v) is 3.69. The highest BCUT2D eigenvalue weighted by atomic mass is 35.5. The predicted molar refractivity (Wildman–Crippen MR) is 74.6 cm³/mol. The highest BCUT2D eigenvalue weighted by molar-refractivity contribution is 6.32. The topological polar surface area (TPSA) is 72.9 Å². The van der Waals surface area contributed by atoms with Gasteiger partial charge in [0.15, 0.2) is 0 Å². The highest BCUT2D eigenvalue weighted by Gasteiger charge is 2.16. The lowest BCUT2D eigenvalue weighted by Crippen LogP contribution is -2.30. The van der Waals surface area contributed by atoms with E-state index in [1.54, 1.807) is 0 Å². The maximum absolute atomic E-state index is 6.31. The second kappa shape index (κ2) is 5.05. The zero-order chi connectivity index (χ0) is 13.2. The molecule has 0 unspecified atom stereocenters. The van der Waals surface area contributed by atoms with E-state index in [2.05, 4.69) is 20.4 Å². The Morgan fingerprint density at radius 1 is 1.11 bits per heavy atom. The highest BCUT2D eigenvalue weighted by Crippen LogP contribution is 2.33. The molecule has 2 N–H and O–H groups in total. The number of nitrogen functional groups attached to an aromatic ring is 1. The molecule has 1 fully saturated rings.